The number of allylic oxidation sites excluding steroid dienone is 2. The Morgan fingerprint density at radius 3 is 2.26 bits per heavy atom. The standard InChI is InChI=1S/C19H24BClO2/c1-12-9-14(19-8-6-7-13(19)11-19)16(21)10-15(12)20-22-17(2,3)18(4,5)23-20/h7,9-10H,6,8,11H2,1-5H3. The molecule has 1 unspecified atom stereocenters. The van der Waals surface area contributed by atoms with Gasteiger partial charge in [0, 0.05) is 10.4 Å². The third-order valence-corrected chi connectivity index (χ3v) is 6.63. The van der Waals surface area contributed by atoms with Gasteiger partial charge in [0.15, 0.2) is 0 Å². The average Bonchev–Trinajstić information content (AvgIpc) is 2.91. The minimum Gasteiger partial charge on any atom is -0.399 e. The Bertz CT molecular complexity index is 706. The van der Waals surface area contributed by atoms with Crippen molar-refractivity contribution in [2.75, 3.05) is 0 Å². The maximum Gasteiger partial charge on any atom is 0.495 e. The molecule has 1 saturated carbocycles. The SMILES string of the molecule is Cc1cc(C23CCC=C2C3)c(Cl)cc1B1OC(C)(C)C(C)(C)O1. The van der Waals surface area contributed by atoms with Crippen LogP contribution in [-0.2, 0) is 14.7 Å². The highest BCUT2D eigenvalue weighted by atomic mass is 35.5. The van der Waals surface area contributed by atoms with Crippen LogP contribution in [0.3, 0.4) is 0 Å². The van der Waals surface area contributed by atoms with Gasteiger partial charge in [0.05, 0.1) is 11.2 Å². The van der Waals surface area contributed by atoms with E-state index >= 15 is 0 Å². The van der Waals surface area contributed by atoms with E-state index < -0.39 is 0 Å². The van der Waals surface area contributed by atoms with Gasteiger partial charge in [0.2, 0.25) is 0 Å². The molecule has 2 fully saturated rings. The molecule has 1 aliphatic heterocycles. The Balaban J connectivity index is 1.70. The van der Waals surface area contributed by atoms with Gasteiger partial charge in [-0.3, -0.25) is 0 Å². The lowest BCUT2D eigenvalue weighted by Gasteiger charge is -2.32. The van der Waals surface area contributed by atoms with E-state index in [0.717, 1.165) is 10.5 Å². The van der Waals surface area contributed by atoms with Crippen molar-refractivity contribution < 1.29 is 9.31 Å². The van der Waals surface area contributed by atoms with Gasteiger partial charge in [-0.15, -0.1) is 0 Å². The summed E-state index contributed by atoms with van der Waals surface area (Å²) in [6.45, 7) is 10.5. The fourth-order valence-electron chi connectivity index (χ4n) is 3.98. The summed E-state index contributed by atoms with van der Waals surface area (Å²) in [5, 5.41) is 0.852. The molecule has 1 aromatic carbocycles. The van der Waals surface area contributed by atoms with E-state index in [1.165, 1.54) is 30.4 Å². The van der Waals surface area contributed by atoms with Crippen molar-refractivity contribution in [3.8, 4) is 0 Å². The van der Waals surface area contributed by atoms with Gasteiger partial charge in [-0.05, 0) is 71.0 Å². The predicted octanol–water partition coefficient (Wildman–Crippen LogP) is 4.31. The third-order valence-electron chi connectivity index (χ3n) is 6.32. The van der Waals surface area contributed by atoms with Crippen LogP contribution in [0.15, 0.2) is 23.8 Å². The van der Waals surface area contributed by atoms with Crippen LogP contribution in [0.4, 0.5) is 0 Å². The van der Waals surface area contributed by atoms with Crippen LogP contribution in [0.25, 0.3) is 0 Å². The second-order valence-electron chi connectivity index (χ2n) is 8.30. The summed E-state index contributed by atoms with van der Waals surface area (Å²) >= 11 is 6.68. The summed E-state index contributed by atoms with van der Waals surface area (Å²) in [5.41, 5.74) is 4.71. The highest BCUT2D eigenvalue weighted by Crippen LogP contribution is 2.62. The van der Waals surface area contributed by atoms with Crippen molar-refractivity contribution in [3.05, 3.63) is 39.9 Å². The second kappa shape index (κ2) is 4.65. The molecule has 1 heterocycles. The first-order valence-corrected chi connectivity index (χ1v) is 8.90. The monoisotopic (exact) mass is 330 g/mol. The predicted molar refractivity (Wildman–Crippen MR) is 95.5 cm³/mol. The van der Waals surface area contributed by atoms with Crippen molar-refractivity contribution >= 4 is 24.2 Å². The summed E-state index contributed by atoms with van der Waals surface area (Å²) in [5.74, 6) is 0. The van der Waals surface area contributed by atoms with E-state index in [4.69, 9.17) is 20.9 Å². The zero-order valence-electron chi connectivity index (χ0n) is 14.6. The van der Waals surface area contributed by atoms with Gasteiger partial charge >= 0.3 is 7.12 Å². The summed E-state index contributed by atoms with van der Waals surface area (Å²) < 4.78 is 12.4. The second-order valence-corrected chi connectivity index (χ2v) is 8.71. The van der Waals surface area contributed by atoms with Crippen molar-refractivity contribution in [2.45, 2.75) is 70.5 Å². The lowest BCUT2D eigenvalue weighted by atomic mass is 9.74. The molecule has 4 rings (SSSR count). The fourth-order valence-corrected chi connectivity index (χ4v) is 4.33. The van der Waals surface area contributed by atoms with E-state index in [1.807, 2.05) is 0 Å². The summed E-state index contributed by atoms with van der Waals surface area (Å²) in [7, 11) is -0.346. The van der Waals surface area contributed by atoms with E-state index in [-0.39, 0.29) is 23.7 Å². The van der Waals surface area contributed by atoms with Crippen molar-refractivity contribution in [1.29, 1.82) is 0 Å². The lowest BCUT2D eigenvalue weighted by Crippen LogP contribution is -2.41. The molecule has 1 saturated heterocycles. The Morgan fingerprint density at radius 2 is 1.74 bits per heavy atom. The Kier molecular flexibility index (Phi) is 3.18. The zero-order valence-corrected chi connectivity index (χ0v) is 15.4. The molecule has 3 aliphatic rings. The third kappa shape index (κ3) is 2.17. The lowest BCUT2D eigenvalue weighted by molar-refractivity contribution is 0.00578. The molecule has 0 spiro atoms. The van der Waals surface area contributed by atoms with Crippen LogP contribution in [0.2, 0.25) is 5.02 Å². The van der Waals surface area contributed by atoms with Crippen LogP contribution >= 0.6 is 11.6 Å². The van der Waals surface area contributed by atoms with Gasteiger partial charge in [-0.2, -0.15) is 0 Å². The Labute approximate surface area is 144 Å². The van der Waals surface area contributed by atoms with Crippen molar-refractivity contribution in [3.63, 3.8) is 0 Å². The van der Waals surface area contributed by atoms with Crippen molar-refractivity contribution in [1.82, 2.24) is 0 Å². The molecule has 0 amide bonds. The smallest absolute Gasteiger partial charge is 0.399 e. The highest BCUT2D eigenvalue weighted by molar-refractivity contribution is 6.63. The molecule has 23 heavy (non-hydrogen) atoms. The van der Waals surface area contributed by atoms with Crippen LogP contribution in [0.5, 0.6) is 0 Å². The topological polar surface area (TPSA) is 18.5 Å². The minimum atomic E-state index is -0.346. The van der Waals surface area contributed by atoms with Gasteiger partial charge < -0.3 is 9.31 Å². The molecule has 0 radical (unpaired) electrons. The largest absolute Gasteiger partial charge is 0.495 e. The van der Waals surface area contributed by atoms with Crippen LogP contribution in [0.1, 0.15) is 58.1 Å². The number of aryl methyl sites for hydroxylation is 1. The van der Waals surface area contributed by atoms with Crippen LogP contribution in [-0.4, -0.2) is 18.3 Å². The number of benzene rings is 1. The summed E-state index contributed by atoms with van der Waals surface area (Å²) in [6, 6.07) is 4.33. The van der Waals surface area contributed by atoms with E-state index in [9.17, 15) is 0 Å². The maximum atomic E-state index is 6.68. The first-order chi connectivity index (χ1) is 10.7. The minimum absolute atomic E-state index is 0.246. The zero-order chi connectivity index (χ0) is 16.6. The number of hydrogen-bond donors (Lipinski definition) is 0. The Hall–Kier alpha value is -0.765. The summed E-state index contributed by atoms with van der Waals surface area (Å²) in [6.07, 6.45) is 5.96. The number of fused-ring (bicyclic) bond motifs is 1. The van der Waals surface area contributed by atoms with Gasteiger partial charge in [-0.1, -0.05) is 34.9 Å². The van der Waals surface area contributed by atoms with Gasteiger partial charge in [-0.25, -0.2) is 0 Å². The normalized spacial score (nSPS) is 30.3. The number of rotatable bonds is 2. The van der Waals surface area contributed by atoms with E-state index in [1.54, 1.807) is 5.57 Å². The quantitative estimate of drug-likeness (QED) is 0.594. The molecule has 2 nitrogen and oxygen atoms in total. The molecule has 0 bridgehead atoms. The Morgan fingerprint density at radius 1 is 1.09 bits per heavy atom. The first kappa shape index (κ1) is 15.7. The molecular formula is C19H24BClO2. The number of halogens is 1. The van der Waals surface area contributed by atoms with Gasteiger partial charge in [0.25, 0.3) is 0 Å². The molecule has 1 atom stereocenters. The first-order valence-electron chi connectivity index (χ1n) is 8.52. The molecule has 0 aromatic heterocycles. The molecule has 4 heteroatoms. The molecule has 0 N–H and O–H groups in total. The molecule has 1 aromatic rings. The van der Waals surface area contributed by atoms with Crippen LogP contribution < -0.4 is 5.46 Å². The molecule has 2 aliphatic carbocycles. The molecule has 122 valence electrons. The number of hydrogen-bond acceptors (Lipinski definition) is 2. The average molecular weight is 331 g/mol. The van der Waals surface area contributed by atoms with E-state index in [0.29, 0.717) is 0 Å². The molecular weight excluding hydrogens is 306 g/mol. The van der Waals surface area contributed by atoms with Gasteiger partial charge in [0.1, 0.15) is 0 Å². The van der Waals surface area contributed by atoms with Crippen LogP contribution in [0, 0.1) is 6.92 Å². The van der Waals surface area contributed by atoms with E-state index in [2.05, 4.69) is 52.8 Å². The fraction of sp³-hybridized carbons (Fsp3) is 0.579. The van der Waals surface area contributed by atoms with Crippen molar-refractivity contribution in [2.24, 2.45) is 0 Å². The highest BCUT2D eigenvalue weighted by Gasteiger charge is 2.54. The summed E-state index contributed by atoms with van der Waals surface area (Å²) in [4.78, 5) is 0. The maximum absolute atomic E-state index is 6.68.